The maximum Gasteiger partial charge on any atom is 0.339 e. The summed E-state index contributed by atoms with van der Waals surface area (Å²) >= 11 is 1.16. The van der Waals surface area contributed by atoms with Gasteiger partial charge in [0.1, 0.15) is 0 Å². The Kier molecular flexibility index (Phi) is 4.95. The Morgan fingerprint density at radius 3 is 2.64 bits per heavy atom. The van der Waals surface area contributed by atoms with Gasteiger partial charge in [-0.05, 0) is 24.3 Å². The molecule has 0 saturated carbocycles. The van der Waals surface area contributed by atoms with Crippen molar-refractivity contribution in [2.75, 3.05) is 12.4 Å². The second-order valence-corrected chi connectivity index (χ2v) is 6.32. The first-order valence-corrected chi connectivity index (χ1v) is 8.47. The molecule has 2 aromatic carbocycles. The van der Waals surface area contributed by atoms with Gasteiger partial charge in [0.2, 0.25) is 5.91 Å². The lowest BCUT2D eigenvalue weighted by Gasteiger charge is -2.10. The average molecular weight is 356 g/mol. The second kappa shape index (κ2) is 7.31. The molecule has 0 spiro atoms. The number of esters is 1. The molecule has 6 nitrogen and oxygen atoms in total. The van der Waals surface area contributed by atoms with E-state index in [2.05, 4.69) is 5.32 Å². The van der Waals surface area contributed by atoms with Gasteiger partial charge in [0, 0.05) is 13.0 Å². The Balaban J connectivity index is 1.73. The summed E-state index contributed by atoms with van der Waals surface area (Å²) in [6.45, 7) is 0.273. The summed E-state index contributed by atoms with van der Waals surface area (Å²) in [6, 6.07) is 14.1. The minimum Gasteiger partial charge on any atom is -0.465 e. The summed E-state index contributed by atoms with van der Waals surface area (Å²) in [5.74, 6) is -0.797. The smallest absolute Gasteiger partial charge is 0.339 e. The molecule has 3 aromatic rings. The van der Waals surface area contributed by atoms with Gasteiger partial charge in [-0.3, -0.25) is 14.2 Å². The van der Waals surface area contributed by atoms with Gasteiger partial charge < -0.3 is 10.1 Å². The van der Waals surface area contributed by atoms with Crippen molar-refractivity contribution >= 4 is 39.1 Å². The topological polar surface area (TPSA) is 77.4 Å². The highest BCUT2D eigenvalue weighted by Crippen LogP contribution is 2.18. The van der Waals surface area contributed by atoms with Gasteiger partial charge in [-0.2, -0.15) is 0 Å². The predicted octanol–water partition coefficient (Wildman–Crippen LogP) is 2.88. The van der Waals surface area contributed by atoms with E-state index in [4.69, 9.17) is 4.74 Å². The van der Waals surface area contributed by atoms with Gasteiger partial charge in [0.05, 0.1) is 28.6 Å². The molecule has 7 heteroatoms. The van der Waals surface area contributed by atoms with E-state index in [9.17, 15) is 14.4 Å². The first-order valence-electron chi connectivity index (χ1n) is 7.65. The Morgan fingerprint density at radius 2 is 1.84 bits per heavy atom. The SMILES string of the molecule is COC(=O)c1ccccc1NC(=O)CCn1c(=O)sc2ccccc21. The largest absolute Gasteiger partial charge is 0.465 e. The fraction of sp³-hybridized carbons (Fsp3) is 0.167. The van der Waals surface area contributed by atoms with Crippen LogP contribution < -0.4 is 10.2 Å². The van der Waals surface area contributed by atoms with Gasteiger partial charge in [0.15, 0.2) is 0 Å². The lowest BCUT2D eigenvalue weighted by Crippen LogP contribution is -2.20. The highest BCUT2D eigenvalue weighted by atomic mass is 32.1. The van der Waals surface area contributed by atoms with E-state index in [0.717, 1.165) is 21.6 Å². The number of aryl methyl sites for hydroxylation is 1. The van der Waals surface area contributed by atoms with Crippen LogP contribution in [0.2, 0.25) is 0 Å². The lowest BCUT2D eigenvalue weighted by atomic mass is 10.1. The zero-order chi connectivity index (χ0) is 17.8. The molecule has 0 aliphatic heterocycles. The summed E-state index contributed by atoms with van der Waals surface area (Å²) in [6.07, 6.45) is 0.121. The second-order valence-electron chi connectivity index (χ2n) is 5.32. The monoisotopic (exact) mass is 356 g/mol. The molecule has 1 amide bonds. The van der Waals surface area contributed by atoms with Crippen LogP contribution in [0.4, 0.5) is 5.69 Å². The molecular formula is C18H16N2O4S. The maximum absolute atomic E-state index is 12.2. The van der Waals surface area contributed by atoms with Gasteiger partial charge in [-0.15, -0.1) is 0 Å². The molecule has 1 heterocycles. The van der Waals surface area contributed by atoms with Gasteiger partial charge in [0.25, 0.3) is 0 Å². The van der Waals surface area contributed by atoms with Gasteiger partial charge in [-0.25, -0.2) is 4.79 Å². The summed E-state index contributed by atoms with van der Waals surface area (Å²) in [7, 11) is 1.29. The Labute approximate surface area is 147 Å². The Hall–Kier alpha value is -2.93. The maximum atomic E-state index is 12.2. The number of hydrogen-bond donors (Lipinski definition) is 1. The highest BCUT2D eigenvalue weighted by molar-refractivity contribution is 7.16. The fourth-order valence-corrected chi connectivity index (χ4v) is 3.45. The number of anilines is 1. The third-order valence-electron chi connectivity index (χ3n) is 3.74. The minimum absolute atomic E-state index is 0.0936. The number of rotatable bonds is 5. The summed E-state index contributed by atoms with van der Waals surface area (Å²) in [4.78, 5) is 36.0. The van der Waals surface area contributed by atoms with Crippen molar-refractivity contribution in [2.45, 2.75) is 13.0 Å². The van der Waals surface area contributed by atoms with E-state index in [1.807, 2.05) is 24.3 Å². The molecule has 0 aliphatic carbocycles. The lowest BCUT2D eigenvalue weighted by molar-refractivity contribution is -0.116. The molecule has 1 N–H and O–H groups in total. The minimum atomic E-state index is -0.518. The number of methoxy groups -OCH3 is 1. The fourth-order valence-electron chi connectivity index (χ4n) is 2.53. The van der Waals surface area contributed by atoms with Crippen molar-refractivity contribution in [3.05, 3.63) is 63.8 Å². The number of thiazole rings is 1. The van der Waals surface area contributed by atoms with Crippen LogP contribution in [0.1, 0.15) is 16.8 Å². The van der Waals surface area contributed by atoms with E-state index < -0.39 is 5.97 Å². The Morgan fingerprint density at radius 1 is 1.12 bits per heavy atom. The number of ether oxygens (including phenoxy) is 1. The number of nitrogens with zero attached hydrogens (tertiary/aromatic N) is 1. The molecular weight excluding hydrogens is 340 g/mol. The molecule has 128 valence electrons. The molecule has 25 heavy (non-hydrogen) atoms. The van der Waals surface area contributed by atoms with Crippen LogP contribution in [-0.2, 0) is 16.1 Å². The van der Waals surface area contributed by atoms with Crippen LogP contribution in [0.25, 0.3) is 10.2 Å². The first kappa shape index (κ1) is 16.9. The standard InChI is InChI=1S/C18H16N2O4S/c1-24-17(22)12-6-2-3-7-13(12)19-16(21)10-11-20-14-8-4-5-9-15(14)25-18(20)23/h2-9H,10-11H2,1H3,(H,19,21). The van der Waals surface area contributed by atoms with Crippen LogP contribution in [0.5, 0.6) is 0 Å². The number of hydrogen-bond acceptors (Lipinski definition) is 5. The zero-order valence-electron chi connectivity index (χ0n) is 13.5. The third-order valence-corrected chi connectivity index (χ3v) is 4.70. The number of carbonyl (C=O) groups excluding carboxylic acids is 2. The van der Waals surface area contributed by atoms with Crippen molar-refractivity contribution in [2.24, 2.45) is 0 Å². The number of fused-ring (bicyclic) bond motifs is 1. The van der Waals surface area contributed by atoms with Gasteiger partial charge in [-0.1, -0.05) is 35.6 Å². The van der Waals surface area contributed by atoms with Crippen molar-refractivity contribution in [3.63, 3.8) is 0 Å². The highest BCUT2D eigenvalue weighted by Gasteiger charge is 2.14. The average Bonchev–Trinajstić information content (AvgIpc) is 2.95. The number of aromatic nitrogens is 1. The van der Waals surface area contributed by atoms with E-state index in [1.54, 1.807) is 28.8 Å². The molecule has 0 saturated heterocycles. The predicted molar refractivity (Wildman–Crippen MR) is 97.1 cm³/mol. The molecule has 0 fully saturated rings. The van der Waals surface area contributed by atoms with E-state index in [-0.39, 0.29) is 29.3 Å². The molecule has 0 bridgehead atoms. The molecule has 3 rings (SSSR count). The Bertz CT molecular complexity index is 990. The van der Waals surface area contributed by atoms with E-state index in [0.29, 0.717) is 5.69 Å². The number of carbonyl (C=O) groups is 2. The van der Waals surface area contributed by atoms with Crippen molar-refractivity contribution in [1.82, 2.24) is 4.57 Å². The number of para-hydroxylation sites is 2. The molecule has 1 aromatic heterocycles. The van der Waals surface area contributed by atoms with E-state index in [1.165, 1.54) is 7.11 Å². The number of benzene rings is 2. The molecule has 0 unspecified atom stereocenters. The zero-order valence-corrected chi connectivity index (χ0v) is 14.3. The number of nitrogens with one attached hydrogen (secondary N) is 1. The summed E-state index contributed by atoms with van der Waals surface area (Å²) in [5, 5.41) is 2.70. The van der Waals surface area contributed by atoms with Crippen LogP contribution in [0.15, 0.2) is 53.3 Å². The molecule has 0 radical (unpaired) electrons. The van der Waals surface area contributed by atoms with Crippen LogP contribution in [0.3, 0.4) is 0 Å². The van der Waals surface area contributed by atoms with Crippen molar-refractivity contribution in [3.8, 4) is 0 Å². The van der Waals surface area contributed by atoms with Crippen molar-refractivity contribution in [1.29, 1.82) is 0 Å². The third kappa shape index (κ3) is 3.61. The summed E-state index contributed by atoms with van der Waals surface area (Å²) < 4.78 is 7.19. The van der Waals surface area contributed by atoms with E-state index >= 15 is 0 Å². The normalized spacial score (nSPS) is 10.6. The quantitative estimate of drug-likeness (QED) is 0.713. The molecule has 0 aliphatic rings. The van der Waals surface area contributed by atoms with Crippen LogP contribution in [-0.4, -0.2) is 23.6 Å². The van der Waals surface area contributed by atoms with Crippen molar-refractivity contribution < 1.29 is 14.3 Å². The van der Waals surface area contributed by atoms with Gasteiger partial charge >= 0.3 is 10.8 Å². The van der Waals surface area contributed by atoms with Crippen LogP contribution in [0, 0.1) is 0 Å². The number of amides is 1. The first-order chi connectivity index (χ1) is 12.1. The van der Waals surface area contributed by atoms with Crippen LogP contribution >= 0.6 is 11.3 Å². The molecule has 0 atom stereocenters. The summed E-state index contributed by atoms with van der Waals surface area (Å²) in [5.41, 5.74) is 1.50.